The highest BCUT2D eigenvalue weighted by Gasteiger charge is 2.09. The molecule has 0 aromatic carbocycles. The van der Waals surface area contributed by atoms with Gasteiger partial charge in [0.05, 0.1) is 0 Å². The SMILES string of the molecule is CC(C)C.CC/C=C(\c1ccc(C)nc1C)C(C)C. The number of aryl methyl sites for hydroxylation is 2. The van der Waals surface area contributed by atoms with E-state index in [1.807, 2.05) is 6.92 Å². The van der Waals surface area contributed by atoms with Crippen molar-refractivity contribution in [3.8, 4) is 0 Å². The van der Waals surface area contributed by atoms with E-state index in [2.05, 4.69) is 71.7 Å². The molecule has 0 amide bonds. The quantitative estimate of drug-likeness (QED) is 0.669. The van der Waals surface area contributed by atoms with Crippen LogP contribution in [0.4, 0.5) is 0 Å². The van der Waals surface area contributed by atoms with E-state index >= 15 is 0 Å². The molecule has 0 spiro atoms. The first kappa shape index (κ1) is 17.9. The summed E-state index contributed by atoms with van der Waals surface area (Å²) in [6.45, 7) is 17.3. The molecular formula is C18H31N. The Kier molecular flexibility index (Phi) is 8.38. The van der Waals surface area contributed by atoms with Crippen LogP contribution in [0.25, 0.3) is 5.57 Å². The third kappa shape index (κ3) is 7.15. The minimum absolute atomic E-state index is 0.563. The third-order valence-corrected chi connectivity index (χ3v) is 2.58. The Morgan fingerprint density at radius 1 is 1.11 bits per heavy atom. The average molecular weight is 261 g/mol. The minimum atomic E-state index is 0.563. The molecule has 0 saturated carbocycles. The molecule has 1 heteroatoms. The van der Waals surface area contributed by atoms with Crippen molar-refractivity contribution in [2.45, 2.75) is 61.8 Å². The van der Waals surface area contributed by atoms with Crippen LogP contribution in [0.5, 0.6) is 0 Å². The topological polar surface area (TPSA) is 12.9 Å². The van der Waals surface area contributed by atoms with Gasteiger partial charge in [0.1, 0.15) is 0 Å². The fourth-order valence-electron chi connectivity index (χ4n) is 1.87. The van der Waals surface area contributed by atoms with E-state index < -0.39 is 0 Å². The second-order valence-electron chi connectivity index (χ2n) is 6.04. The largest absolute Gasteiger partial charge is 0.258 e. The second kappa shape index (κ2) is 8.90. The molecule has 108 valence electrons. The monoisotopic (exact) mass is 261 g/mol. The van der Waals surface area contributed by atoms with Gasteiger partial charge in [-0.3, -0.25) is 4.98 Å². The molecule has 0 radical (unpaired) electrons. The maximum Gasteiger partial charge on any atom is 0.0450 e. The van der Waals surface area contributed by atoms with Gasteiger partial charge < -0.3 is 0 Å². The lowest BCUT2D eigenvalue weighted by atomic mass is 9.93. The summed E-state index contributed by atoms with van der Waals surface area (Å²) in [5, 5.41) is 0. The van der Waals surface area contributed by atoms with E-state index in [1.165, 1.54) is 11.1 Å². The fraction of sp³-hybridized carbons (Fsp3) is 0.611. The number of pyridine rings is 1. The molecule has 19 heavy (non-hydrogen) atoms. The van der Waals surface area contributed by atoms with Crippen LogP contribution in [0.2, 0.25) is 0 Å². The van der Waals surface area contributed by atoms with E-state index in [-0.39, 0.29) is 0 Å². The summed E-state index contributed by atoms with van der Waals surface area (Å²) in [4.78, 5) is 4.52. The van der Waals surface area contributed by atoms with Crippen molar-refractivity contribution in [3.05, 3.63) is 35.2 Å². The standard InChI is InChI=1S/C14H21N.C4H10/c1-6-7-13(10(2)3)14-9-8-11(4)15-12(14)5;1-4(2)3/h7-10H,6H2,1-5H3;4H,1-3H3/b13-7-;. The number of hydrogen-bond donors (Lipinski definition) is 0. The number of nitrogens with zero attached hydrogens (tertiary/aromatic N) is 1. The lowest BCUT2D eigenvalue weighted by Gasteiger charge is -2.14. The Labute approximate surface area is 120 Å². The summed E-state index contributed by atoms with van der Waals surface area (Å²) in [5.74, 6) is 1.40. The van der Waals surface area contributed by atoms with Crippen LogP contribution in [0, 0.1) is 25.7 Å². The van der Waals surface area contributed by atoms with Crippen LogP contribution in [0.1, 0.15) is 64.9 Å². The van der Waals surface area contributed by atoms with Crippen LogP contribution in [-0.4, -0.2) is 4.98 Å². The highest BCUT2D eigenvalue weighted by atomic mass is 14.7. The normalized spacial score (nSPS) is 11.6. The van der Waals surface area contributed by atoms with Gasteiger partial charge in [-0.2, -0.15) is 0 Å². The second-order valence-corrected chi connectivity index (χ2v) is 6.04. The number of allylic oxidation sites excluding steroid dienone is 2. The molecule has 0 unspecified atom stereocenters. The zero-order chi connectivity index (χ0) is 15.0. The summed E-state index contributed by atoms with van der Waals surface area (Å²) in [6.07, 6.45) is 3.39. The molecule has 0 aliphatic rings. The minimum Gasteiger partial charge on any atom is -0.258 e. The first-order valence-corrected chi connectivity index (χ1v) is 7.44. The zero-order valence-corrected chi connectivity index (χ0v) is 14.0. The molecule has 0 N–H and O–H groups in total. The van der Waals surface area contributed by atoms with Gasteiger partial charge in [-0.1, -0.05) is 53.7 Å². The van der Waals surface area contributed by atoms with Gasteiger partial charge in [-0.15, -0.1) is 0 Å². The van der Waals surface area contributed by atoms with E-state index in [4.69, 9.17) is 0 Å². The van der Waals surface area contributed by atoms with E-state index in [1.54, 1.807) is 0 Å². The maximum atomic E-state index is 4.52. The molecule has 0 bridgehead atoms. The van der Waals surface area contributed by atoms with Gasteiger partial charge >= 0.3 is 0 Å². The predicted molar refractivity (Wildman–Crippen MR) is 87.3 cm³/mol. The molecule has 1 aromatic heterocycles. The van der Waals surface area contributed by atoms with Crippen molar-refractivity contribution in [1.82, 2.24) is 4.98 Å². The van der Waals surface area contributed by atoms with Gasteiger partial charge in [-0.05, 0) is 49.3 Å². The van der Waals surface area contributed by atoms with Gasteiger partial charge in [0.25, 0.3) is 0 Å². The Bertz CT molecular complexity index is 397. The van der Waals surface area contributed by atoms with E-state index in [0.717, 1.165) is 23.7 Å². The van der Waals surface area contributed by atoms with Crippen LogP contribution in [0.15, 0.2) is 18.2 Å². The summed E-state index contributed by atoms with van der Waals surface area (Å²) < 4.78 is 0. The first-order chi connectivity index (χ1) is 8.79. The van der Waals surface area contributed by atoms with Crippen LogP contribution < -0.4 is 0 Å². The Hall–Kier alpha value is -1.11. The molecule has 0 fully saturated rings. The van der Waals surface area contributed by atoms with Crippen LogP contribution in [-0.2, 0) is 0 Å². The van der Waals surface area contributed by atoms with Crippen molar-refractivity contribution < 1.29 is 0 Å². The molecular weight excluding hydrogens is 230 g/mol. The summed E-state index contributed by atoms with van der Waals surface area (Å²) in [5.41, 5.74) is 4.96. The summed E-state index contributed by atoms with van der Waals surface area (Å²) >= 11 is 0. The van der Waals surface area contributed by atoms with Gasteiger partial charge in [0.15, 0.2) is 0 Å². The van der Waals surface area contributed by atoms with Crippen molar-refractivity contribution >= 4 is 5.57 Å². The van der Waals surface area contributed by atoms with Gasteiger partial charge in [-0.25, -0.2) is 0 Å². The Morgan fingerprint density at radius 2 is 1.63 bits per heavy atom. The average Bonchev–Trinajstić information content (AvgIpc) is 2.25. The molecule has 1 nitrogen and oxygen atoms in total. The highest BCUT2D eigenvalue weighted by Crippen LogP contribution is 2.25. The third-order valence-electron chi connectivity index (χ3n) is 2.58. The molecule has 0 aliphatic carbocycles. The zero-order valence-electron chi connectivity index (χ0n) is 14.0. The first-order valence-electron chi connectivity index (χ1n) is 7.44. The number of hydrogen-bond acceptors (Lipinski definition) is 1. The molecule has 0 saturated heterocycles. The summed E-state index contributed by atoms with van der Waals surface area (Å²) in [6, 6.07) is 4.29. The van der Waals surface area contributed by atoms with Gasteiger partial charge in [0, 0.05) is 11.4 Å². The Balaban J connectivity index is 0.000000711. The molecule has 0 aliphatic heterocycles. The lowest BCUT2D eigenvalue weighted by molar-refractivity contribution is 0.737. The van der Waals surface area contributed by atoms with Crippen molar-refractivity contribution in [2.75, 3.05) is 0 Å². The number of aromatic nitrogens is 1. The van der Waals surface area contributed by atoms with E-state index in [9.17, 15) is 0 Å². The maximum absolute atomic E-state index is 4.52. The molecule has 1 aromatic rings. The van der Waals surface area contributed by atoms with Crippen molar-refractivity contribution in [3.63, 3.8) is 0 Å². The van der Waals surface area contributed by atoms with Crippen LogP contribution >= 0.6 is 0 Å². The predicted octanol–water partition coefficient (Wildman–Crippen LogP) is 5.81. The lowest BCUT2D eigenvalue weighted by Crippen LogP contribution is -1.99. The molecule has 0 atom stereocenters. The van der Waals surface area contributed by atoms with Gasteiger partial charge in [0.2, 0.25) is 0 Å². The highest BCUT2D eigenvalue weighted by molar-refractivity contribution is 5.68. The Morgan fingerprint density at radius 3 is 2.00 bits per heavy atom. The smallest absolute Gasteiger partial charge is 0.0450 e. The fourth-order valence-corrected chi connectivity index (χ4v) is 1.87. The summed E-state index contributed by atoms with van der Waals surface area (Å²) in [7, 11) is 0. The molecule has 1 rings (SSSR count). The molecule has 1 heterocycles. The van der Waals surface area contributed by atoms with Crippen molar-refractivity contribution in [1.29, 1.82) is 0 Å². The number of rotatable bonds is 3. The van der Waals surface area contributed by atoms with Crippen molar-refractivity contribution in [2.24, 2.45) is 11.8 Å². The van der Waals surface area contributed by atoms with Crippen LogP contribution in [0.3, 0.4) is 0 Å². The van der Waals surface area contributed by atoms with E-state index in [0.29, 0.717) is 5.92 Å².